The number of aryl methyl sites for hydroxylation is 2. The fraction of sp³-hybridized carbons (Fsp3) is 0.300. The Hall–Kier alpha value is -5.10. The minimum atomic E-state index is 0.250. The Bertz CT molecular complexity index is 2160. The average Bonchev–Trinajstić information content (AvgIpc) is 3.13. The van der Waals surface area contributed by atoms with Gasteiger partial charge in [0, 0.05) is 95.9 Å². The molecule has 0 saturated heterocycles. The normalized spacial score (nSPS) is 10.8. The summed E-state index contributed by atoms with van der Waals surface area (Å²) in [4.78, 5) is 35.9. The average molecular weight is 756 g/mol. The van der Waals surface area contributed by atoms with Crippen LogP contribution in [0.4, 0.5) is 23.3 Å². The van der Waals surface area contributed by atoms with Gasteiger partial charge >= 0.3 is 0 Å². The molecule has 11 nitrogen and oxygen atoms in total. The molecule has 4 heterocycles. The van der Waals surface area contributed by atoms with Gasteiger partial charge in [-0.25, -0.2) is 29.9 Å². The van der Waals surface area contributed by atoms with E-state index < -0.39 is 0 Å². The molecule has 0 radical (unpaired) electrons. The number of pyridine rings is 2. The van der Waals surface area contributed by atoms with Crippen molar-refractivity contribution in [2.45, 2.75) is 19.8 Å². The molecule has 278 valence electrons. The molecule has 2 aromatic carbocycles. The molecule has 0 spiro atoms. The van der Waals surface area contributed by atoms with E-state index in [9.17, 15) is 0 Å². The SMILES string of the molecule is CCO.CN(C)c1cccc(/C=C/c2nc(N(C)C)c3cc(Cl)ccc3n2)n1.CN(C)c1cccc(CCc2nc(N(C)C)c3cc(Cl)ccc3n2)n1. The Morgan fingerprint density at radius 2 is 1.09 bits per heavy atom. The summed E-state index contributed by atoms with van der Waals surface area (Å²) in [7, 11) is 15.8. The summed E-state index contributed by atoms with van der Waals surface area (Å²) < 4.78 is 0. The van der Waals surface area contributed by atoms with E-state index in [4.69, 9.17) is 38.3 Å². The zero-order valence-electron chi connectivity index (χ0n) is 31.9. The lowest BCUT2D eigenvalue weighted by Gasteiger charge is -2.16. The van der Waals surface area contributed by atoms with Crippen LogP contribution in [0, 0.1) is 0 Å². The first-order valence-electron chi connectivity index (χ1n) is 17.1. The second-order valence-corrected chi connectivity index (χ2v) is 13.7. The third-order valence-corrected chi connectivity index (χ3v) is 8.13. The predicted molar refractivity (Wildman–Crippen MR) is 224 cm³/mol. The molecular formula is C40H48Cl2N10O. The molecule has 0 saturated carbocycles. The number of aliphatic hydroxyl groups is 1. The fourth-order valence-electron chi connectivity index (χ4n) is 5.14. The summed E-state index contributed by atoms with van der Waals surface area (Å²) in [6.07, 6.45) is 5.34. The standard InChI is InChI=1S/C19H22ClN5.C19H20ClN5.C2H6O/c2*1-24(2)18-7-5-6-14(21-18)9-11-17-22-16-10-8-13(20)12-15(16)19(23-17)25(3)4;1-2-3/h5-8,10,12H,9,11H2,1-4H3;5-12H,1-4H3;3H,2H2,1H3/b;11-9+;. The minimum Gasteiger partial charge on any atom is -0.397 e. The third kappa shape index (κ3) is 11.4. The first-order valence-corrected chi connectivity index (χ1v) is 17.9. The molecule has 0 atom stereocenters. The van der Waals surface area contributed by atoms with Crippen LogP contribution in [0.3, 0.4) is 0 Å². The molecule has 53 heavy (non-hydrogen) atoms. The summed E-state index contributed by atoms with van der Waals surface area (Å²) in [5.74, 6) is 5.04. The smallest absolute Gasteiger partial charge is 0.155 e. The van der Waals surface area contributed by atoms with Gasteiger partial charge < -0.3 is 24.7 Å². The van der Waals surface area contributed by atoms with Gasteiger partial charge in [0.25, 0.3) is 0 Å². The second-order valence-electron chi connectivity index (χ2n) is 12.8. The largest absolute Gasteiger partial charge is 0.397 e. The van der Waals surface area contributed by atoms with E-state index in [-0.39, 0.29) is 6.61 Å². The molecular weight excluding hydrogens is 707 g/mol. The Kier molecular flexibility index (Phi) is 14.7. The molecule has 0 fully saturated rings. The van der Waals surface area contributed by atoms with Crippen LogP contribution >= 0.6 is 23.2 Å². The van der Waals surface area contributed by atoms with Crippen LogP contribution in [0.15, 0.2) is 72.8 Å². The fourth-order valence-corrected chi connectivity index (χ4v) is 5.48. The van der Waals surface area contributed by atoms with E-state index in [0.29, 0.717) is 15.9 Å². The highest BCUT2D eigenvalue weighted by molar-refractivity contribution is 6.31. The lowest BCUT2D eigenvalue weighted by Crippen LogP contribution is -2.14. The van der Waals surface area contributed by atoms with E-state index in [2.05, 4.69) is 19.9 Å². The quantitative estimate of drug-likeness (QED) is 0.158. The first-order chi connectivity index (χ1) is 25.3. The van der Waals surface area contributed by atoms with Crippen molar-refractivity contribution in [3.8, 4) is 0 Å². The maximum atomic E-state index is 7.57. The lowest BCUT2D eigenvalue weighted by atomic mass is 10.2. The highest BCUT2D eigenvalue weighted by Gasteiger charge is 2.12. The van der Waals surface area contributed by atoms with E-state index in [1.165, 1.54) is 0 Å². The van der Waals surface area contributed by atoms with Gasteiger partial charge in [-0.3, -0.25) is 0 Å². The molecule has 0 aliphatic heterocycles. The van der Waals surface area contributed by atoms with E-state index in [1.807, 2.05) is 161 Å². The Labute approximate surface area is 322 Å². The molecule has 6 rings (SSSR count). The number of aliphatic hydroxyl groups excluding tert-OH is 1. The minimum absolute atomic E-state index is 0.250. The number of benzene rings is 2. The van der Waals surface area contributed by atoms with Crippen molar-refractivity contribution in [3.63, 3.8) is 0 Å². The Balaban J connectivity index is 0.000000220. The van der Waals surface area contributed by atoms with Gasteiger partial charge in [-0.2, -0.15) is 0 Å². The van der Waals surface area contributed by atoms with Crippen molar-refractivity contribution < 1.29 is 5.11 Å². The molecule has 1 N–H and O–H groups in total. The zero-order chi connectivity index (χ0) is 38.7. The first kappa shape index (κ1) is 40.7. The molecule has 0 unspecified atom stereocenters. The molecule has 0 amide bonds. The van der Waals surface area contributed by atoms with Crippen LogP contribution in [0.1, 0.15) is 30.0 Å². The van der Waals surface area contributed by atoms with Crippen LogP contribution in [0.2, 0.25) is 10.0 Å². The summed E-state index contributed by atoms with van der Waals surface area (Å²) in [6.45, 7) is 1.93. The molecule has 4 aromatic heterocycles. The van der Waals surface area contributed by atoms with Gasteiger partial charge in [-0.05, 0) is 86.2 Å². The maximum Gasteiger partial charge on any atom is 0.155 e. The number of fused-ring (bicyclic) bond motifs is 2. The number of nitrogens with zero attached hydrogens (tertiary/aromatic N) is 10. The second kappa shape index (κ2) is 19.1. The number of aromatic nitrogens is 6. The van der Waals surface area contributed by atoms with Gasteiger partial charge in [0.1, 0.15) is 29.1 Å². The number of hydrogen-bond donors (Lipinski definition) is 1. The zero-order valence-corrected chi connectivity index (χ0v) is 33.4. The highest BCUT2D eigenvalue weighted by atomic mass is 35.5. The molecule has 0 bridgehead atoms. The van der Waals surface area contributed by atoms with Crippen molar-refractivity contribution in [1.29, 1.82) is 0 Å². The summed E-state index contributed by atoms with van der Waals surface area (Å²) in [5.41, 5.74) is 3.67. The van der Waals surface area contributed by atoms with Crippen LogP contribution in [0.5, 0.6) is 0 Å². The monoisotopic (exact) mass is 754 g/mol. The number of anilines is 4. The van der Waals surface area contributed by atoms with Gasteiger partial charge in [0.05, 0.1) is 16.7 Å². The highest BCUT2D eigenvalue weighted by Crippen LogP contribution is 2.27. The van der Waals surface area contributed by atoms with Crippen LogP contribution in [-0.2, 0) is 12.8 Å². The lowest BCUT2D eigenvalue weighted by molar-refractivity contribution is 0.318. The van der Waals surface area contributed by atoms with Crippen molar-refractivity contribution in [2.75, 3.05) is 82.6 Å². The van der Waals surface area contributed by atoms with Crippen molar-refractivity contribution in [1.82, 2.24) is 29.9 Å². The van der Waals surface area contributed by atoms with Crippen molar-refractivity contribution >= 4 is 80.4 Å². The number of hydrogen-bond acceptors (Lipinski definition) is 11. The van der Waals surface area contributed by atoms with E-state index >= 15 is 0 Å². The van der Waals surface area contributed by atoms with Gasteiger partial charge in [0.2, 0.25) is 0 Å². The van der Waals surface area contributed by atoms with Crippen molar-refractivity contribution in [2.24, 2.45) is 0 Å². The summed E-state index contributed by atoms with van der Waals surface area (Å²) >= 11 is 12.2. The maximum absolute atomic E-state index is 7.57. The van der Waals surface area contributed by atoms with Crippen LogP contribution < -0.4 is 19.6 Å². The molecule has 0 aliphatic carbocycles. The third-order valence-electron chi connectivity index (χ3n) is 7.66. The number of rotatable bonds is 9. The van der Waals surface area contributed by atoms with E-state index in [1.54, 1.807) is 6.92 Å². The van der Waals surface area contributed by atoms with Crippen LogP contribution in [0.25, 0.3) is 34.0 Å². The van der Waals surface area contributed by atoms with Gasteiger partial charge in [-0.1, -0.05) is 35.3 Å². The van der Waals surface area contributed by atoms with Crippen molar-refractivity contribution in [3.05, 3.63) is 106 Å². The molecule has 6 aromatic rings. The van der Waals surface area contributed by atoms with E-state index in [0.717, 1.165) is 75.1 Å². The predicted octanol–water partition coefficient (Wildman–Crippen LogP) is 7.57. The topological polar surface area (TPSA) is 111 Å². The van der Waals surface area contributed by atoms with Gasteiger partial charge in [-0.15, -0.1) is 0 Å². The number of halogens is 2. The molecule has 0 aliphatic rings. The summed E-state index contributed by atoms with van der Waals surface area (Å²) in [6, 6.07) is 23.4. The Morgan fingerprint density at radius 1 is 0.566 bits per heavy atom. The Morgan fingerprint density at radius 3 is 1.66 bits per heavy atom. The van der Waals surface area contributed by atoms with Gasteiger partial charge in [0.15, 0.2) is 5.82 Å². The van der Waals surface area contributed by atoms with Crippen LogP contribution in [-0.4, -0.2) is 98.0 Å². The summed E-state index contributed by atoms with van der Waals surface area (Å²) in [5, 5.41) is 10.8. The molecule has 13 heteroatoms.